The molecule has 2 rings (SSSR count). The van der Waals surface area contributed by atoms with Crippen molar-refractivity contribution in [1.29, 1.82) is 0 Å². The number of halogens is 1. The average molecular weight is 312 g/mol. The number of benzene rings is 1. The van der Waals surface area contributed by atoms with Crippen molar-refractivity contribution in [2.75, 3.05) is 31.6 Å². The van der Waals surface area contributed by atoms with Crippen LogP contribution in [-0.2, 0) is 0 Å². The summed E-state index contributed by atoms with van der Waals surface area (Å²) in [6, 6.07) is 8.93. The van der Waals surface area contributed by atoms with Crippen molar-refractivity contribution in [3.63, 3.8) is 0 Å². The summed E-state index contributed by atoms with van der Waals surface area (Å²) in [5.41, 5.74) is 7.27. The molecular formula is C14H22BrN3. The lowest BCUT2D eigenvalue weighted by Crippen LogP contribution is -2.64. The summed E-state index contributed by atoms with van der Waals surface area (Å²) < 4.78 is 1.12. The van der Waals surface area contributed by atoms with Crippen molar-refractivity contribution < 1.29 is 0 Å². The molecule has 1 saturated heterocycles. The predicted molar refractivity (Wildman–Crippen MR) is 81.0 cm³/mol. The summed E-state index contributed by atoms with van der Waals surface area (Å²) in [7, 11) is 2.16. The van der Waals surface area contributed by atoms with Gasteiger partial charge in [0, 0.05) is 41.4 Å². The topological polar surface area (TPSA) is 32.5 Å². The Bertz CT molecular complexity index is 419. The second-order valence-corrected chi connectivity index (χ2v) is 6.62. The van der Waals surface area contributed by atoms with Crippen LogP contribution < -0.4 is 10.6 Å². The molecule has 0 amide bonds. The molecule has 1 atom stereocenters. The van der Waals surface area contributed by atoms with Gasteiger partial charge in [0.2, 0.25) is 0 Å². The summed E-state index contributed by atoms with van der Waals surface area (Å²) >= 11 is 3.55. The quantitative estimate of drug-likeness (QED) is 0.909. The fourth-order valence-corrected chi connectivity index (χ4v) is 3.16. The maximum Gasteiger partial charge on any atom is 0.0473 e. The zero-order valence-corrected chi connectivity index (χ0v) is 12.9. The first-order valence-electron chi connectivity index (χ1n) is 6.37. The highest BCUT2D eigenvalue weighted by Gasteiger charge is 2.36. The molecule has 1 aliphatic heterocycles. The van der Waals surface area contributed by atoms with Gasteiger partial charge in [-0.05, 0) is 39.1 Å². The molecule has 1 aliphatic rings. The molecule has 0 bridgehead atoms. The lowest BCUT2D eigenvalue weighted by molar-refractivity contribution is 0.155. The van der Waals surface area contributed by atoms with Crippen LogP contribution in [0, 0.1) is 0 Å². The van der Waals surface area contributed by atoms with E-state index < -0.39 is 0 Å². The highest BCUT2D eigenvalue weighted by Crippen LogP contribution is 2.30. The van der Waals surface area contributed by atoms with Gasteiger partial charge in [-0.1, -0.05) is 22.0 Å². The second kappa shape index (κ2) is 5.19. The van der Waals surface area contributed by atoms with Gasteiger partial charge in [-0.25, -0.2) is 0 Å². The number of hydrogen-bond acceptors (Lipinski definition) is 3. The van der Waals surface area contributed by atoms with Gasteiger partial charge in [-0.2, -0.15) is 0 Å². The van der Waals surface area contributed by atoms with Gasteiger partial charge in [-0.15, -0.1) is 0 Å². The van der Waals surface area contributed by atoms with E-state index in [1.54, 1.807) is 0 Å². The van der Waals surface area contributed by atoms with E-state index >= 15 is 0 Å². The van der Waals surface area contributed by atoms with Gasteiger partial charge in [0.05, 0.1) is 0 Å². The minimum atomic E-state index is 0.126. The number of hydrogen-bond donors (Lipinski definition) is 1. The molecule has 1 fully saturated rings. The van der Waals surface area contributed by atoms with Gasteiger partial charge in [-0.3, -0.25) is 4.90 Å². The summed E-state index contributed by atoms with van der Waals surface area (Å²) in [6.45, 7) is 7.29. The smallest absolute Gasteiger partial charge is 0.0473 e. The first kappa shape index (κ1) is 13.8. The molecule has 4 heteroatoms. The number of nitrogens with zero attached hydrogens (tertiary/aromatic N) is 2. The second-order valence-electron chi connectivity index (χ2n) is 5.71. The monoisotopic (exact) mass is 311 g/mol. The average Bonchev–Trinajstić information content (AvgIpc) is 2.28. The molecule has 1 aromatic rings. The Balaban J connectivity index is 2.30. The van der Waals surface area contributed by atoms with Crippen LogP contribution in [0.15, 0.2) is 28.7 Å². The molecular weight excluding hydrogens is 290 g/mol. The van der Waals surface area contributed by atoms with Crippen LogP contribution in [0.25, 0.3) is 0 Å². The van der Waals surface area contributed by atoms with Crippen LogP contribution in [0.3, 0.4) is 0 Å². The molecule has 1 aromatic carbocycles. The molecule has 0 aliphatic carbocycles. The Morgan fingerprint density at radius 2 is 2.17 bits per heavy atom. The maximum absolute atomic E-state index is 5.87. The Morgan fingerprint density at radius 1 is 1.44 bits per heavy atom. The molecule has 1 heterocycles. The minimum Gasteiger partial charge on any atom is -0.363 e. The summed E-state index contributed by atoms with van der Waals surface area (Å²) in [6.07, 6.45) is 0. The normalized spacial score (nSPS) is 24.3. The highest BCUT2D eigenvalue weighted by atomic mass is 79.9. The van der Waals surface area contributed by atoms with Crippen molar-refractivity contribution in [1.82, 2.24) is 4.90 Å². The largest absolute Gasteiger partial charge is 0.363 e. The summed E-state index contributed by atoms with van der Waals surface area (Å²) in [5, 5.41) is 0. The zero-order chi connectivity index (χ0) is 13.3. The molecule has 0 radical (unpaired) electrons. The Hall–Kier alpha value is -0.580. The summed E-state index contributed by atoms with van der Waals surface area (Å²) in [4.78, 5) is 4.84. The van der Waals surface area contributed by atoms with Crippen LogP contribution >= 0.6 is 15.9 Å². The standard InChI is InChI=1S/C14H22BrN3/c1-14(2)10-17(3)13(8-16)9-18(14)12-6-4-5-11(15)7-12/h4-7,13H,8-10,16H2,1-3H3. The molecule has 1 unspecified atom stereocenters. The number of anilines is 1. The minimum absolute atomic E-state index is 0.126. The van der Waals surface area contributed by atoms with Gasteiger partial charge >= 0.3 is 0 Å². The van der Waals surface area contributed by atoms with E-state index in [4.69, 9.17) is 5.73 Å². The fraction of sp³-hybridized carbons (Fsp3) is 0.571. The van der Waals surface area contributed by atoms with E-state index in [2.05, 4.69) is 70.9 Å². The highest BCUT2D eigenvalue weighted by molar-refractivity contribution is 9.10. The Labute approximate surface area is 118 Å². The first-order valence-corrected chi connectivity index (χ1v) is 7.17. The van der Waals surface area contributed by atoms with E-state index in [-0.39, 0.29) is 5.54 Å². The summed E-state index contributed by atoms with van der Waals surface area (Å²) in [5.74, 6) is 0. The molecule has 18 heavy (non-hydrogen) atoms. The number of likely N-dealkylation sites (N-methyl/N-ethyl adjacent to an activating group) is 1. The third-order valence-electron chi connectivity index (χ3n) is 3.78. The van der Waals surface area contributed by atoms with Gasteiger partial charge in [0.15, 0.2) is 0 Å². The lowest BCUT2D eigenvalue weighted by atomic mass is 9.95. The van der Waals surface area contributed by atoms with Crippen molar-refractivity contribution >= 4 is 21.6 Å². The molecule has 0 saturated carbocycles. The van der Waals surface area contributed by atoms with Crippen molar-refractivity contribution in [2.45, 2.75) is 25.4 Å². The Kier molecular flexibility index (Phi) is 3.99. The van der Waals surface area contributed by atoms with E-state index in [0.717, 1.165) is 17.6 Å². The van der Waals surface area contributed by atoms with E-state index in [1.807, 2.05) is 0 Å². The van der Waals surface area contributed by atoms with Gasteiger partial charge < -0.3 is 10.6 Å². The van der Waals surface area contributed by atoms with E-state index in [1.165, 1.54) is 5.69 Å². The number of rotatable bonds is 2. The first-order chi connectivity index (χ1) is 8.44. The van der Waals surface area contributed by atoms with Gasteiger partial charge in [0.1, 0.15) is 0 Å². The van der Waals surface area contributed by atoms with Crippen molar-refractivity contribution in [3.8, 4) is 0 Å². The van der Waals surface area contributed by atoms with Crippen LogP contribution in [0.1, 0.15) is 13.8 Å². The Morgan fingerprint density at radius 3 is 2.78 bits per heavy atom. The molecule has 0 aromatic heterocycles. The van der Waals surface area contributed by atoms with Crippen LogP contribution in [0.4, 0.5) is 5.69 Å². The van der Waals surface area contributed by atoms with Crippen molar-refractivity contribution in [2.24, 2.45) is 5.73 Å². The molecule has 3 nitrogen and oxygen atoms in total. The van der Waals surface area contributed by atoms with Crippen molar-refractivity contribution in [3.05, 3.63) is 28.7 Å². The maximum atomic E-state index is 5.87. The molecule has 100 valence electrons. The van der Waals surface area contributed by atoms with Gasteiger partial charge in [0.25, 0.3) is 0 Å². The molecule has 0 spiro atoms. The fourth-order valence-electron chi connectivity index (χ4n) is 2.78. The third kappa shape index (κ3) is 2.71. The van der Waals surface area contributed by atoms with Crippen LogP contribution in [0.5, 0.6) is 0 Å². The number of nitrogens with two attached hydrogens (primary N) is 1. The van der Waals surface area contributed by atoms with Crippen LogP contribution in [-0.4, -0.2) is 43.2 Å². The molecule has 2 N–H and O–H groups in total. The number of piperazine rings is 1. The predicted octanol–water partition coefficient (Wildman–Crippen LogP) is 2.31. The van der Waals surface area contributed by atoms with Crippen LogP contribution in [0.2, 0.25) is 0 Å². The lowest BCUT2D eigenvalue weighted by Gasteiger charge is -2.51. The van der Waals surface area contributed by atoms with E-state index in [0.29, 0.717) is 12.6 Å². The third-order valence-corrected chi connectivity index (χ3v) is 4.27. The SMILES string of the molecule is CN1CC(C)(C)N(c2cccc(Br)c2)CC1CN. The van der Waals surface area contributed by atoms with E-state index in [9.17, 15) is 0 Å². The zero-order valence-electron chi connectivity index (χ0n) is 11.4.